The molecule has 1 N–H and O–H groups in total. The van der Waals surface area contributed by atoms with Crippen LogP contribution < -0.4 is 5.32 Å². The van der Waals surface area contributed by atoms with Gasteiger partial charge in [-0.25, -0.2) is 0 Å². The first-order valence-corrected chi connectivity index (χ1v) is 7.15. The standard InChI is InChI=1S/C11H22N2S/c1-3-11(4-6-12-5-1)13-7-2-9-14-10-8-13/h11-12H,1-10H2. The number of rotatable bonds is 1. The van der Waals surface area contributed by atoms with Gasteiger partial charge in [0.25, 0.3) is 0 Å². The zero-order valence-corrected chi connectivity index (χ0v) is 9.82. The Bertz CT molecular complexity index is 129. The van der Waals surface area contributed by atoms with Gasteiger partial charge in [-0.1, -0.05) is 0 Å². The van der Waals surface area contributed by atoms with Crippen LogP contribution in [0.5, 0.6) is 0 Å². The summed E-state index contributed by atoms with van der Waals surface area (Å²) >= 11 is 2.13. The molecular formula is C11H22N2S. The molecule has 0 aromatic carbocycles. The number of nitrogens with one attached hydrogen (secondary N) is 1. The van der Waals surface area contributed by atoms with Crippen LogP contribution in [0.25, 0.3) is 0 Å². The molecule has 0 amide bonds. The van der Waals surface area contributed by atoms with Crippen LogP contribution >= 0.6 is 11.8 Å². The van der Waals surface area contributed by atoms with Gasteiger partial charge < -0.3 is 5.32 Å². The van der Waals surface area contributed by atoms with E-state index in [0.717, 1.165) is 6.04 Å². The summed E-state index contributed by atoms with van der Waals surface area (Å²) in [7, 11) is 0. The molecule has 0 aliphatic carbocycles. The first-order valence-electron chi connectivity index (χ1n) is 5.99. The van der Waals surface area contributed by atoms with E-state index in [9.17, 15) is 0 Å². The molecule has 0 aromatic rings. The summed E-state index contributed by atoms with van der Waals surface area (Å²) in [6.07, 6.45) is 5.55. The number of hydrogen-bond donors (Lipinski definition) is 1. The summed E-state index contributed by atoms with van der Waals surface area (Å²) in [6.45, 7) is 5.14. The third-order valence-corrected chi connectivity index (χ3v) is 4.37. The molecule has 82 valence electrons. The van der Waals surface area contributed by atoms with Crippen molar-refractivity contribution in [1.82, 2.24) is 10.2 Å². The van der Waals surface area contributed by atoms with Gasteiger partial charge in [-0.05, 0) is 51.1 Å². The monoisotopic (exact) mass is 214 g/mol. The highest BCUT2D eigenvalue weighted by molar-refractivity contribution is 7.99. The molecule has 0 radical (unpaired) electrons. The van der Waals surface area contributed by atoms with E-state index in [-0.39, 0.29) is 0 Å². The second kappa shape index (κ2) is 5.99. The van der Waals surface area contributed by atoms with Gasteiger partial charge in [0.15, 0.2) is 0 Å². The van der Waals surface area contributed by atoms with Gasteiger partial charge in [0, 0.05) is 18.3 Å². The highest BCUT2D eigenvalue weighted by Crippen LogP contribution is 2.18. The number of thioether (sulfide) groups is 1. The predicted octanol–water partition coefficient (Wildman–Crippen LogP) is 1.57. The van der Waals surface area contributed by atoms with Gasteiger partial charge in [0.2, 0.25) is 0 Å². The molecule has 0 saturated carbocycles. The SMILES string of the molecule is C1CNCCC(N2CCCSCC2)C1. The molecular weight excluding hydrogens is 192 g/mol. The lowest BCUT2D eigenvalue weighted by atomic mass is 10.1. The summed E-state index contributed by atoms with van der Waals surface area (Å²) in [5, 5.41) is 3.50. The van der Waals surface area contributed by atoms with Crippen molar-refractivity contribution in [2.45, 2.75) is 31.7 Å². The van der Waals surface area contributed by atoms with E-state index in [4.69, 9.17) is 0 Å². The Balaban J connectivity index is 1.83. The first-order chi connectivity index (χ1) is 6.97. The van der Waals surface area contributed by atoms with Crippen molar-refractivity contribution in [2.24, 2.45) is 0 Å². The lowest BCUT2D eigenvalue weighted by Gasteiger charge is -2.29. The van der Waals surface area contributed by atoms with Gasteiger partial charge in [0.05, 0.1) is 0 Å². The molecule has 2 rings (SSSR count). The molecule has 3 heteroatoms. The molecule has 0 aromatic heterocycles. The smallest absolute Gasteiger partial charge is 0.0108 e. The highest BCUT2D eigenvalue weighted by atomic mass is 32.2. The molecule has 2 nitrogen and oxygen atoms in total. The van der Waals surface area contributed by atoms with Crippen LogP contribution in [-0.2, 0) is 0 Å². The van der Waals surface area contributed by atoms with Crippen molar-refractivity contribution in [3.8, 4) is 0 Å². The quantitative estimate of drug-likeness (QED) is 0.713. The minimum atomic E-state index is 0.878. The number of nitrogens with zero attached hydrogens (tertiary/aromatic N) is 1. The fourth-order valence-corrected chi connectivity index (χ4v) is 3.40. The van der Waals surface area contributed by atoms with Gasteiger partial charge >= 0.3 is 0 Å². The van der Waals surface area contributed by atoms with Crippen molar-refractivity contribution < 1.29 is 0 Å². The van der Waals surface area contributed by atoms with Crippen molar-refractivity contribution in [1.29, 1.82) is 0 Å². The van der Waals surface area contributed by atoms with Crippen molar-refractivity contribution in [2.75, 3.05) is 37.7 Å². The second-order valence-corrected chi connectivity index (χ2v) is 5.56. The van der Waals surface area contributed by atoms with Crippen molar-refractivity contribution >= 4 is 11.8 Å². The van der Waals surface area contributed by atoms with Crippen LogP contribution in [0.2, 0.25) is 0 Å². The molecule has 1 unspecified atom stereocenters. The summed E-state index contributed by atoms with van der Waals surface area (Å²) in [4.78, 5) is 2.74. The molecule has 0 bridgehead atoms. The van der Waals surface area contributed by atoms with Crippen LogP contribution in [0.1, 0.15) is 25.7 Å². The van der Waals surface area contributed by atoms with E-state index < -0.39 is 0 Å². The number of hydrogen-bond acceptors (Lipinski definition) is 3. The Morgan fingerprint density at radius 3 is 3.00 bits per heavy atom. The molecule has 2 aliphatic rings. The minimum Gasteiger partial charge on any atom is -0.317 e. The maximum atomic E-state index is 3.50. The fourth-order valence-electron chi connectivity index (χ4n) is 2.50. The van der Waals surface area contributed by atoms with E-state index >= 15 is 0 Å². The molecule has 2 aliphatic heterocycles. The first kappa shape index (κ1) is 10.8. The largest absolute Gasteiger partial charge is 0.317 e. The Kier molecular flexibility index (Phi) is 4.61. The van der Waals surface area contributed by atoms with Gasteiger partial charge in [-0.3, -0.25) is 4.90 Å². The summed E-state index contributed by atoms with van der Waals surface area (Å²) in [6, 6.07) is 0.878. The van der Waals surface area contributed by atoms with E-state index in [0.29, 0.717) is 0 Å². The molecule has 2 saturated heterocycles. The molecule has 14 heavy (non-hydrogen) atoms. The predicted molar refractivity (Wildman–Crippen MR) is 64.0 cm³/mol. The Hall–Kier alpha value is 0.270. The summed E-state index contributed by atoms with van der Waals surface area (Å²) < 4.78 is 0. The average Bonchev–Trinajstić information content (AvgIpc) is 2.62. The van der Waals surface area contributed by atoms with E-state index in [1.54, 1.807) is 0 Å². The van der Waals surface area contributed by atoms with Crippen LogP contribution in [0.3, 0.4) is 0 Å². The van der Waals surface area contributed by atoms with Crippen LogP contribution in [0.4, 0.5) is 0 Å². The topological polar surface area (TPSA) is 15.3 Å². The van der Waals surface area contributed by atoms with Crippen molar-refractivity contribution in [3.63, 3.8) is 0 Å². The molecule has 1 atom stereocenters. The van der Waals surface area contributed by atoms with E-state index in [1.165, 1.54) is 63.4 Å². The zero-order valence-electron chi connectivity index (χ0n) is 9.00. The third kappa shape index (κ3) is 3.14. The van der Waals surface area contributed by atoms with Crippen LogP contribution in [-0.4, -0.2) is 48.6 Å². The fraction of sp³-hybridized carbons (Fsp3) is 1.00. The van der Waals surface area contributed by atoms with Crippen LogP contribution in [0.15, 0.2) is 0 Å². The normalized spacial score (nSPS) is 32.1. The Morgan fingerprint density at radius 1 is 1.00 bits per heavy atom. The van der Waals surface area contributed by atoms with E-state index in [2.05, 4.69) is 22.0 Å². The lowest BCUT2D eigenvalue weighted by Crippen LogP contribution is -2.37. The van der Waals surface area contributed by atoms with Crippen molar-refractivity contribution in [3.05, 3.63) is 0 Å². The maximum Gasteiger partial charge on any atom is 0.0108 e. The third-order valence-electron chi connectivity index (χ3n) is 3.32. The van der Waals surface area contributed by atoms with Gasteiger partial charge in [-0.2, -0.15) is 11.8 Å². The molecule has 2 heterocycles. The average molecular weight is 214 g/mol. The van der Waals surface area contributed by atoms with E-state index in [1.807, 2.05) is 0 Å². The highest BCUT2D eigenvalue weighted by Gasteiger charge is 2.20. The maximum absolute atomic E-state index is 3.50. The van der Waals surface area contributed by atoms with Gasteiger partial charge in [-0.15, -0.1) is 0 Å². The van der Waals surface area contributed by atoms with Gasteiger partial charge in [0.1, 0.15) is 0 Å². The Morgan fingerprint density at radius 2 is 2.00 bits per heavy atom. The minimum absolute atomic E-state index is 0.878. The molecule has 2 fully saturated rings. The summed E-state index contributed by atoms with van der Waals surface area (Å²) in [5.74, 6) is 2.73. The Labute approximate surface area is 91.8 Å². The summed E-state index contributed by atoms with van der Waals surface area (Å²) in [5.41, 5.74) is 0. The lowest BCUT2D eigenvalue weighted by molar-refractivity contribution is 0.196. The second-order valence-electron chi connectivity index (χ2n) is 4.34. The molecule has 0 spiro atoms. The zero-order chi connectivity index (χ0) is 9.64. The van der Waals surface area contributed by atoms with Crippen LogP contribution in [0, 0.1) is 0 Å².